The number of unbranched alkanes of at least 4 members (excludes halogenated alkanes) is 42. The molecule has 0 aliphatic rings. The van der Waals surface area contributed by atoms with Crippen LogP contribution in [0.4, 0.5) is 0 Å². The van der Waals surface area contributed by atoms with Gasteiger partial charge in [0.2, 0.25) is 5.91 Å². The Morgan fingerprint density at radius 2 is 0.681 bits per heavy atom. The molecule has 0 bridgehead atoms. The van der Waals surface area contributed by atoms with Gasteiger partial charge in [0.05, 0.1) is 25.4 Å². The Labute approximate surface area is 430 Å². The van der Waals surface area contributed by atoms with Gasteiger partial charge in [0.1, 0.15) is 0 Å². The van der Waals surface area contributed by atoms with Crippen LogP contribution in [0.1, 0.15) is 328 Å². The second-order valence-corrected chi connectivity index (χ2v) is 21.0. The van der Waals surface area contributed by atoms with E-state index >= 15 is 0 Å². The van der Waals surface area contributed by atoms with Crippen LogP contribution in [0.2, 0.25) is 0 Å². The Morgan fingerprint density at radius 3 is 1.03 bits per heavy atom. The molecule has 406 valence electrons. The number of esters is 1. The van der Waals surface area contributed by atoms with E-state index in [1.807, 2.05) is 6.08 Å². The second-order valence-electron chi connectivity index (χ2n) is 21.0. The zero-order valence-electron chi connectivity index (χ0n) is 46.3. The molecule has 0 aliphatic carbocycles. The number of hydrogen-bond acceptors (Lipinski definition) is 5. The minimum Gasteiger partial charge on any atom is -0.466 e. The first-order chi connectivity index (χ1) is 34.0. The zero-order valence-corrected chi connectivity index (χ0v) is 46.3. The third kappa shape index (κ3) is 55.2. The van der Waals surface area contributed by atoms with E-state index in [4.69, 9.17) is 4.74 Å². The van der Waals surface area contributed by atoms with E-state index in [1.165, 1.54) is 225 Å². The van der Waals surface area contributed by atoms with Crippen molar-refractivity contribution in [1.29, 1.82) is 0 Å². The van der Waals surface area contributed by atoms with Crippen LogP contribution in [-0.2, 0) is 14.3 Å². The summed E-state index contributed by atoms with van der Waals surface area (Å²) in [5.74, 6) is -0.139. The van der Waals surface area contributed by atoms with Crippen LogP contribution in [0.25, 0.3) is 0 Å². The van der Waals surface area contributed by atoms with E-state index < -0.39 is 12.1 Å². The summed E-state index contributed by atoms with van der Waals surface area (Å²) in [7, 11) is 0. The van der Waals surface area contributed by atoms with Crippen LogP contribution >= 0.6 is 0 Å². The van der Waals surface area contributed by atoms with Gasteiger partial charge in [0, 0.05) is 12.8 Å². The molecule has 0 aliphatic heterocycles. The molecule has 0 saturated carbocycles. The number of rotatable bonds is 57. The first-order valence-electron chi connectivity index (χ1n) is 30.8. The Bertz CT molecular complexity index is 1120. The van der Waals surface area contributed by atoms with Crippen molar-refractivity contribution < 1.29 is 24.5 Å². The molecular weight excluding hydrogens is 851 g/mol. The highest BCUT2D eigenvalue weighted by molar-refractivity contribution is 5.76. The molecular formula is C63H119NO5. The lowest BCUT2D eigenvalue weighted by molar-refractivity contribution is -0.143. The summed E-state index contributed by atoms with van der Waals surface area (Å²) < 4.78 is 5.46. The van der Waals surface area contributed by atoms with Crippen molar-refractivity contribution in [1.82, 2.24) is 5.32 Å². The number of allylic oxidation sites excluding steroid dienone is 5. The highest BCUT2D eigenvalue weighted by Gasteiger charge is 2.18. The number of carbonyl (C=O) groups excluding carboxylic acids is 2. The molecule has 69 heavy (non-hydrogen) atoms. The average Bonchev–Trinajstić information content (AvgIpc) is 3.35. The Balaban J connectivity index is 3.53. The van der Waals surface area contributed by atoms with Gasteiger partial charge in [-0.2, -0.15) is 0 Å². The van der Waals surface area contributed by atoms with Crippen LogP contribution < -0.4 is 5.32 Å². The summed E-state index contributed by atoms with van der Waals surface area (Å²) in [5.41, 5.74) is 0. The molecule has 0 radical (unpaired) electrons. The van der Waals surface area contributed by atoms with Crippen LogP contribution in [0.3, 0.4) is 0 Å². The third-order valence-corrected chi connectivity index (χ3v) is 14.1. The first-order valence-corrected chi connectivity index (χ1v) is 30.8. The van der Waals surface area contributed by atoms with Gasteiger partial charge >= 0.3 is 5.97 Å². The fourth-order valence-corrected chi connectivity index (χ4v) is 9.39. The molecule has 0 aromatic carbocycles. The van der Waals surface area contributed by atoms with Gasteiger partial charge in [0.15, 0.2) is 0 Å². The highest BCUT2D eigenvalue weighted by atomic mass is 16.5. The maximum Gasteiger partial charge on any atom is 0.305 e. The number of nitrogens with one attached hydrogen (secondary N) is 1. The van der Waals surface area contributed by atoms with Crippen molar-refractivity contribution in [3.63, 3.8) is 0 Å². The lowest BCUT2D eigenvalue weighted by Gasteiger charge is -2.20. The summed E-state index contributed by atoms with van der Waals surface area (Å²) in [6.07, 6.45) is 73.3. The van der Waals surface area contributed by atoms with Gasteiger partial charge in [-0.1, -0.05) is 269 Å². The molecule has 0 aromatic rings. The summed E-state index contributed by atoms with van der Waals surface area (Å²) in [6.45, 7) is 4.83. The molecule has 6 heteroatoms. The molecule has 3 N–H and O–H groups in total. The lowest BCUT2D eigenvalue weighted by Crippen LogP contribution is -2.45. The van der Waals surface area contributed by atoms with Gasteiger partial charge in [0.25, 0.3) is 0 Å². The Hall–Kier alpha value is -1.92. The largest absolute Gasteiger partial charge is 0.466 e. The Morgan fingerprint density at radius 1 is 0.391 bits per heavy atom. The predicted octanol–water partition coefficient (Wildman–Crippen LogP) is 19.2. The van der Waals surface area contributed by atoms with Gasteiger partial charge in [-0.15, -0.1) is 0 Å². The van der Waals surface area contributed by atoms with Crippen molar-refractivity contribution in [3.8, 4) is 0 Å². The van der Waals surface area contributed by atoms with E-state index in [0.29, 0.717) is 19.4 Å². The van der Waals surface area contributed by atoms with Crippen LogP contribution in [0, 0.1) is 0 Å². The molecule has 2 unspecified atom stereocenters. The number of ether oxygens (including phenoxy) is 1. The molecule has 0 spiro atoms. The van der Waals surface area contributed by atoms with Gasteiger partial charge < -0.3 is 20.3 Å². The SMILES string of the molecule is CCCCCCCC/C=C\CCCCCCCCCCCC(=O)OCCCC/C=C\CCCCCCC(=O)NC(CO)C(O)/C=C/CCCCCCCCCCCCCCCCCCCCCCC. The fraction of sp³-hybridized carbons (Fsp3) is 0.873. The minimum absolute atomic E-state index is 0.0383. The maximum atomic E-state index is 12.5. The molecule has 0 saturated heterocycles. The van der Waals surface area contributed by atoms with E-state index in [0.717, 1.165) is 77.0 Å². The van der Waals surface area contributed by atoms with E-state index in [2.05, 4.69) is 43.5 Å². The maximum absolute atomic E-state index is 12.5. The predicted molar refractivity (Wildman–Crippen MR) is 301 cm³/mol. The van der Waals surface area contributed by atoms with Crippen molar-refractivity contribution in [2.24, 2.45) is 0 Å². The smallest absolute Gasteiger partial charge is 0.305 e. The normalized spacial score (nSPS) is 12.8. The Kier molecular flexibility index (Phi) is 57.0. The van der Waals surface area contributed by atoms with Crippen LogP contribution in [0.15, 0.2) is 36.5 Å². The fourth-order valence-electron chi connectivity index (χ4n) is 9.39. The molecule has 0 rings (SSSR count). The minimum atomic E-state index is -0.868. The van der Waals surface area contributed by atoms with Crippen molar-refractivity contribution >= 4 is 11.9 Å². The van der Waals surface area contributed by atoms with Gasteiger partial charge in [-0.05, 0) is 83.5 Å². The van der Waals surface area contributed by atoms with Crippen LogP contribution in [-0.4, -0.2) is 47.4 Å². The van der Waals surface area contributed by atoms with Gasteiger partial charge in [-0.3, -0.25) is 9.59 Å². The van der Waals surface area contributed by atoms with Crippen molar-refractivity contribution in [2.75, 3.05) is 13.2 Å². The third-order valence-electron chi connectivity index (χ3n) is 14.1. The highest BCUT2D eigenvalue weighted by Crippen LogP contribution is 2.17. The van der Waals surface area contributed by atoms with E-state index in [-0.39, 0.29) is 18.5 Å². The first kappa shape index (κ1) is 67.1. The lowest BCUT2D eigenvalue weighted by atomic mass is 10.0. The number of carbonyl (C=O) groups is 2. The molecule has 2 atom stereocenters. The quantitative estimate of drug-likeness (QED) is 0.0321. The molecule has 0 aromatic heterocycles. The summed E-state index contributed by atoms with van der Waals surface area (Å²) in [6, 6.07) is -0.655. The number of aliphatic hydroxyl groups is 2. The monoisotopic (exact) mass is 970 g/mol. The number of aliphatic hydroxyl groups excluding tert-OH is 2. The number of amides is 1. The van der Waals surface area contributed by atoms with Crippen molar-refractivity contribution in [2.45, 2.75) is 341 Å². The topological polar surface area (TPSA) is 95.9 Å². The van der Waals surface area contributed by atoms with E-state index in [9.17, 15) is 19.8 Å². The number of hydrogen-bond donors (Lipinski definition) is 3. The summed E-state index contributed by atoms with van der Waals surface area (Å²) >= 11 is 0. The van der Waals surface area contributed by atoms with Gasteiger partial charge in [-0.25, -0.2) is 0 Å². The molecule has 0 fully saturated rings. The average molecular weight is 971 g/mol. The standard InChI is InChI=1S/C63H119NO5/c1-3-5-7-9-11-13-15-17-19-21-23-24-25-26-28-29-31-33-35-39-43-47-51-55-61(66)60(59-65)64-62(67)56-52-48-44-40-37-38-42-46-50-54-58-69-63(68)57-53-49-45-41-36-34-32-30-27-22-20-18-16-14-12-10-8-6-4-2/h18,20,38,42,51,55,60-61,65-66H,3-17,19,21-37,39-41,43-50,52-54,56-59H2,1-2H3,(H,64,67)/b20-18-,42-38-,55-51+. The molecule has 0 heterocycles. The summed E-state index contributed by atoms with van der Waals surface area (Å²) in [5, 5.41) is 23.2. The molecule has 6 nitrogen and oxygen atoms in total. The van der Waals surface area contributed by atoms with Crippen LogP contribution in [0.5, 0.6) is 0 Å². The van der Waals surface area contributed by atoms with E-state index in [1.54, 1.807) is 6.08 Å². The van der Waals surface area contributed by atoms with Crippen molar-refractivity contribution in [3.05, 3.63) is 36.5 Å². The summed E-state index contributed by atoms with van der Waals surface area (Å²) in [4.78, 5) is 24.6. The molecule has 1 amide bonds. The second kappa shape index (κ2) is 58.6. The zero-order chi connectivity index (χ0) is 50.0.